The summed E-state index contributed by atoms with van der Waals surface area (Å²) in [5.41, 5.74) is 0.456. The number of ether oxygens (including phenoxy) is 4. The molecule has 0 spiro atoms. The summed E-state index contributed by atoms with van der Waals surface area (Å²) in [6.07, 6.45) is 1.83. The third kappa shape index (κ3) is 7.08. The van der Waals surface area contributed by atoms with Crippen LogP contribution in [-0.4, -0.2) is 35.9 Å². The Kier molecular flexibility index (Phi) is 8.76. The van der Waals surface area contributed by atoms with Crippen molar-refractivity contribution in [3.63, 3.8) is 0 Å². The lowest BCUT2D eigenvalue weighted by Crippen LogP contribution is -2.38. The molecule has 0 saturated heterocycles. The van der Waals surface area contributed by atoms with Crippen molar-refractivity contribution < 1.29 is 37.3 Å². The van der Waals surface area contributed by atoms with Gasteiger partial charge in [-0.25, -0.2) is 18.4 Å². The zero-order chi connectivity index (χ0) is 26.5. The zero-order valence-corrected chi connectivity index (χ0v) is 21.4. The zero-order valence-electron chi connectivity index (χ0n) is 21.4. The number of hydrogen-bond acceptors (Lipinski definition) is 6. The van der Waals surface area contributed by atoms with Crippen molar-refractivity contribution in [2.45, 2.75) is 66.2 Å². The standard InChI is InChI=1S/C27H33F2NO6/c1-6-7-12-33-26(32)30(11-10-17(2)3)16-18-13-21(28)24(22(29)14-18)34-19-8-9-20-23(15-19)35-27(4,5)36-25(20)31/h8-9,13-15,17H,6-7,10-12,16H2,1-5H3. The Bertz CT molecular complexity index is 1080. The van der Waals surface area contributed by atoms with Gasteiger partial charge in [0.05, 0.1) is 6.61 Å². The van der Waals surface area contributed by atoms with Crippen LogP contribution in [0.25, 0.3) is 0 Å². The van der Waals surface area contributed by atoms with E-state index in [4.69, 9.17) is 18.9 Å². The number of amides is 1. The predicted molar refractivity (Wildman–Crippen MR) is 129 cm³/mol. The first-order valence-electron chi connectivity index (χ1n) is 12.1. The lowest BCUT2D eigenvalue weighted by molar-refractivity contribution is -0.127. The fourth-order valence-corrected chi connectivity index (χ4v) is 3.57. The molecule has 0 unspecified atom stereocenters. The summed E-state index contributed by atoms with van der Waals surface area (Å²) in [6.45, 7) is 9.89. The van der Waals surface area contributed by atoms with Gasteiger partial charge in [0.15, 0.2) is 17.4 Å². The maximum Gasteiger partial charge on any atom is 0.410 e. The number of rotatable bonds is 10. The van der Waals surface area contributed by atoms with Gasteiger partial charge in [0.2, 0.25) is 5.79 Å². The summed E-state index contributed by atoms with van der Waals surface area (Å²) >= 11 is 0. The van der Waals surface area contributed by atoms with Crippen LogP contribution in [0.15, 0.2) is 30.3 Å². The molecule has 1 heterocycles. The lowest BCUT2D eigenvalue weighted by atomic mass is 10.1. The second-order valence-electron chi connectivity index (χ2n) is 9.61. The molecule has 0 bridgehead atoms. The van der Waals surface area contributed by atoms with E-state index in [0.717, 1.165) is 31.4 Å². The molecule has 2 aromatic carbocycles. The van der Waals surface area contributed by atoms with Gasteiger partial charge in [0, 0.05) is 33.0 Å². The van der Waals surface area contributed by atoms with Crippen LogP contribution in [0.2, 0.25) is 0 Å². The van der Waals surface area contributed by atoms with Crippen LogP contribution in [0.4, 0.5) is 13.6 Å². The van der Waals surface area contributed by atoms with Crippen LogP contribution in [-0.2, 0) is 16.0 Å². The van der Waals surface area contributed by atoms with E-state index in [1.807, 2.05) is 20.8 Å². The Balaban J connectivity index is 1.77. The van der Waals surface area contributed by atoms with Crippen LogP contribution in [0, 0.1) is 17.6 Å². The first kappa shape index (κ1) is 27.2. The average molecular weight is 506 g/mol. The maximum atomic E-state index is 14.9. The number of halogens is 2. The summed E-state index contributed by atoms with van der Waals surface area (Å²) in [4.78, 5) is 26.1. The molecule has 7 nitrogen and oxygen atoms in total. The van der Waals surface area contributed by atoms with E-state index in [1.54, 1.807) is 13.8 Å². The number of unbranched alkanes of at least 4 members (excludes halogenated alkanes) is 1. The Morgan fingerprint density at radius 1 is 1.11 bits per heavy atom. The van der Waals surface area contributed by atoms with E-state index < -0.39 is 35.2 Å². The molecule has 36 heavy (non-hydrogen) atoms. The fraction of sp³-hybridized carbons (Fsp3) is 0.481. The van der Waals surface area contributed by atoms with Gasteiger partial charge in [-0.3, -0.25) is 0 Å². The Hall–Kier alpha value is -3.36. The summed E-state index contributed by atoms with van der Waals surface area (Å²) in [5, 5.41) is 0. The molecule has 1 aliphatic heterocycles. The second-order valence-corrected chi connectivity index (χ2v) is 9.61. The van der Waals surface area contributed by atoms with E-state index in [1.165, 1.54) is 23.1 Å². The molecule has 0 aliphatic carbocycles. The highest BCUT2D eigenvalue weighted by Gasteiger charge is 2.34. The van der Waals surface area contributed by atoms with E-state index >= 15 is 0 Å². The third-order valence-corrected chi connectivity index (χ3v) is 5.48. The van der Waals surface area contributed by atoms with Gasteiger partial charge in [-0.05, 0) is 48.6 Å². The molecule has 3 rings (SSSR count). The van der Waals surface area contributed by atoms with Crippen LogP contribution >= 0.6 is 0 Å². The normalized spacial score (nSPS) is 14.1. The van der Waals surface area contributed by atoms with Crippen molar-refractivity contribution in [2.75, 3.05) is 13.2 Å². The maximum absolute atomic E-state index is 14.9. The van der Waals surface area contributed by atoms with Gasteiger partial charge in [-0.1, -0.05) is 27.2 Å². The number of hydrogen-bond donors (Lipinski definition) is 0. The Morgan fingerprint density at radius 2 is 1.81 bits per heavy atom. The van der Waals surface area contributed by atoms with Crippen LogP contribution < -0.4 is 9.47 Å². The van der Waals surface area contributed by atoms with Crippen LogP contribution in [0.3, 0.4) is 0 Å². The minimum absolute atomic E-state index is 0.00429. The first-order valence-corrected chi connectivity index (χ1v) is 12.1. The highest BCUT2D eigenvalue weighted by Crippen LogP contribution is 2.36. The monoisotopic (exact) mass is 505 g/mol. The lowest BCUT2D eigenvalue weighted by Gasteiger charge is -2.31. The highest BCUT2D eigenvalue weighted by molar-refractivity contribution is 5.93. The van der Waals surface area contributed by atoms with Crippen LogP contribution in [0.1, 0.15) is 69.8 Å². The number of carbonyl (C=O) groups is 2. The minimum Gasteiger partial charge on any atom is -0.452 e. The smallest absolute Gasteiger partial charge is 0.410 e. The second kappa shape index (κ2) is 11.6. The van der Waals surface area contributed by atoms with Gasteiger partial charge >= 0.3 is 12.1 Å². The molecule has 0 N–H and O–H groups in total. The van der Waals surface area contributed by atoms with Crippen molar-refractivity contribution in [3.05, 3.63) is 53.1 Å². The van der Waals surface area contributed by atoms with Crippen molar-refractivity contribution >= 4 is 12.1 Å². The molecule has 1 aliphatic rings. The van der Waals surface area contributed by atoms with Gasteiger partial charge in [-0.2, -0.15) is 0 Å². The molecule has 0 aromatic heterocycles. The molecule has 0 radical (unpaired) electrons. The quantitative estimate of drug-likeness (QED) is 0.260. The summed E-state index contributed by atoms with van der Waals surface area (Å²) in [7, 11) is 0. The number of carbonyl (C=O) groups excluding carboxylic acids is 2. The number of cyclic esters (lactones) is 1. The molecule has 0 saturated carbocycles. The number of nitrogens with zero attached hydrogens (tertiary/aromatic N) is 1. The Labute approximate surface area is 210 Å². The third-order valence-electron chi connectivity index (χ3n) is 5.48. The molecule has 1 amide bonds. The SMILES string of the molecule is CCCCOC(=O)N(CCC(C)C)Cc1cc(F)c(Oc2ccc3c(c2)OC(C)(C)OC3=O)c(F)c1. The fourth-order valence-electron chi connectivity index (χ4n) is 3.57. The van der Waals surface area contributed by atoms with Gasteiger partial charge in [-0.15, -0.1) is 0 Å². The predicted octanol–water partition coefficient (Wildman–Crippen LogP) is 6.83. The molecule has 196 valence electrons. The highest BCUT2D eigenvalue weighted by atomic mass is 19.1. The Morgan fingerprint density at radius 3 is 2.44 bits per heavy atom. The van der Waals surface area contributed by atoms with Crippen molar-refractivity contribution in [1.29, 1.82) is 0 Å². The van der Waals surface area contributed by atoms with Crippen molar-refractivity contribution in [1.82, 2.24) is 4.90 Å². The summed E-state index contributed by atoms with van der Waals surface area (Å²) in [5.74, 6) is -3.58. The molecule has 2 aromatic rings. The van der Waals surface area contributed by atoms with E-state index in [-0.39, 0.29) is 29.2 Å². The largest absolute Gasteiger partial charge is 0.452 e. The summed E-state index contributed by atoms with van der Waals surface area (Å²) < 4.78 is 51.4. The van der Waals surface area contributed by atoms with Gasteiger partial charge < -0.3 is 23.8 Å². The molecular weight excluding hydrogens is 472 g/mol. The molecule has 0 fully saturated rings. The van der Waals surface area contributed by atoms with Gasteiger partial charge in [0.25, 0.3) is 0 Å². The minimum atomic E-state index is -1.18. The van der Waals surface area contributed by atoms with Crippen LogP contribution in [0.5, 0.6) is 17.2 Å². The molecule has 0 atom stereocenters. The average Bonchev–Trinajstić information content (AvgIpc) is 2.78. The van der Waals surface area contributed by atoms with E-state index in [9.17, 15) is 18.4 Å². The number of fused-ring (bicyclic) bond motifs is 1. The molecular formula is C27H33F2NO6. The summed E-state index contributed by atoms with van der Waals surface area (Å²) in [6, 6.07) is 6.45. The van der Waals surface area contributed by atoms with E-state index in [0.29, 0.717) is 19.1 Å². The first-order chi connectivity index (χ1) is 17.0. The van der Waals surface area contributed by atoms with E-state index in [2.05, 4.69) is 0 Å². The molecule has 9 heteroatoms. The number of esters is 1. The topological polar surface area (TPSA) is 74.3 Å². The van der Waals surface area contributed by atoms with Crippen molar-refractivity contribution in [2.24, 2.45) is 5.92 Å². The number of benzene rings is 2. The van der Waals surface area contributed by atoms with Crippen molar-refractivity contribution in [3.8, 4) is 17.2 Å². The van der Waals surface area contributed by atoms with Gasteiger partial charge in [0.1, 0.15) is 17.1 Å².